The highest BCUT2D eigenvalue weighted by Crippen LogP contribution is 2.43. The summed E-state index contributed by atoms with van der Waals surface area (Å²) in [5, 5.41) is 0. The van der Waals surface area contributed by atoms with E-state index in [1.54, 1.807) is 21.3 Å². The molecule has 0 atom stereocenters. The normalized spacial score (nSPS) is 13.1. The van der Waals surface area contributed by atoms with Gasteiger partial charge in [0.15, 0.2) is 0 Å². The molecule has 0 radical (unpaired) electrons. The molecule has 0 aromatic heterocycles. The van der Waals surface area contributed by atoms with Crippen LogP contribution >= 0.6 is 15.9 Å². The van der Waals surface area contributed by atoms with Gasteiger partial charge in [0.05, 0.1) is 31.5 Å². The van der Waals surface area contributed by atoms with Crippen molar-refractivity contribution in [3.8, 4) is 11.5 Å². The summed E-state index contributed by atoms with van der Waals surface area (Å²) in [6, 6.07) is 1.86. The predicted molar refractivity (Wildman–Crippen MR) is 69.1 cm³/mol. The lowest BCUT2D eigenvalue weighted by molar-refractivity contribution is 0.136. The number of halogens is 1. The van der Waals surface area contributed by atoms with Crippen LogP contribution in [0, 0.1) is 0 Å². The van der Waals surface area contributed by atoms with Gasteiger partial charge >= 0.3 is 0 Å². The van der Waals surface area contributed by atoms with Crippen molar-refractivity contribution < 1.29 is 14.3 Å². The second kappa shape index (κ2) is 4.98. The molecule has 92 valence electrons. The maximum Gasteiger partial charge on any atom is 0.137 e. The van der Waals surface area contributed by atoms with Crippen molar-refractivity contribution in [3.05, 3.63) is 27.7 Å². The fourth-order valence-electron chi connectivity index (χ4n) is 1.97. The molecule has 0 saturated carbocycles. The second-order valence-electron chi connectivity index (χ2n) is 3.58. The summed E-state index contributed by atoms with van der Waals surface area (Å²) in [6.45, 7) is 0. The molecule has 0 unspecified atom stereocenters. The molecule has 1 N–H and O–H groups in total. The fourth-order valence-corrected chi connectivity index (χ4v) is 2.60. The minimum absolute atomic E-state index is 0.771. The van der Waals surface area contributed by atoms with Crippen molar-refractivity contribution in [1.29, 1.82) is 0 Å². The van der Waals surface area contributed by atoms with Crippen molar-refractivity contribution in [3.63, 3.8) is 0 Å². The second-order valence-corrected chi connectivity index (χ2v) is 4.37. The Morgan fingerprint density at radius 2 is 1.88 bits per heavy atom. The van der Waals surface area contributed by atoms with E-state index in [4.69, 9.17) is 14.3 Å². The van der Waals surface area contributed by atoms with Gasteiger partial charge in [-0.2, -0.15) is 0 Å². The monoisotopic (exact) mass is 299 g/mol. The highest BCUT2D eigenvalue weighted by molar-refractivity contribution is 9.10. The van der Waals surface area contributed by atoms with E-state index in [0.29, 0.717) is 0 Å². The zero-order valence-corrected chi connectivity index (χ0v) is 11.6. The van der Waals surface area contributed by atoms with Crippen molar-refractivity contribution in [1.82, 2.24) is 5.48 Å². The zero-order valence-electron chi connectivity index (χ0n) is 9.96. The van der Waals surface area contributed by atoms with Crippen LogP contribution in [-0.2, 0) is 11.3 Å². The topological polar surface area (TPSA) is 39.7 Å². The molecule has 0 saturated heterocycles. The fraction of sp³-hybridized carbons (Fsp3) is 0.333. The summed E-state index contributed by atoms with van der Waals surface area (Å²) in [7, 11) is 4.87. The van der Waals surface area contributed by atoms with Gasteiger partial charge in [-0.25, -0.2) is 0 Å². The maximum atomic E-state index is 5.39. The van der Waals surface area contributed by atoms with Gasteiger partial charge in [0, 0.05) is 11.6 Å². The van der Waals surface area contributed by atoms with Gasteiger partial charge in [-0.15, -0.1) is 0 Å². The molecule has 0 fully saturated rings. The molecule has 0 spiro atoms. The molecule has 2 rings (SSSR count). The summed E-state index contributed by atoms with van der Waals surface area (Å²) in [4.78, 5) is 4.96. The van der Waals surface area contributed by atoms with E-state index in [-0.39, 0.29) is 0 Å². The van der Waals surface area contributed by atoms with Crippen LogP contribution in [0.3, 0.4) is 0 Å². The van der Waals surface area contributed by atoms with Crippen molar-refractivity contribution >= 4 is 21.6 Å². The van der Waals surface area contributed by atoms with Gasteiger partial charge in [-0.3, -0.25) is 10.3 Å². The van der Waals surface area contributed by atoms with E-state index < -0.39 is 0 Å². The first kappa shape index (κ1) is 12.3. The summed E-state index contributed by atoms with van der Waals surface area (Å²) in [5.41, 5.74) is 5.93. The first-order valence-corrected chi connectivity index (χ1v) is 5.95. The van der Waals surface area contributed by atoms with Crippen molar-refractivity contribution in [2.45, 2.75) is 6.42 Å². The van der Waals surface area contributed by atoms with E-state index in [0.717, 1.165) is 39.2 Å². The van der Waals surface area contributed by atoms with Crippen molar-refractivity contribution in [2.75, 3.05) is 21.3 Å². The lowest BCUT2D eigenvalue weighted by Gasteiger charge is -2.15. The van der Waals surface area contributed by atoms with Crippen LogP contribution < -0.4 is 15.0 Å². The first-order valence-electron chi connectivity index (χ1n) is 5.15. The number of fused-ring (bicyclic) bond motifs is 1. The number of rotatable bonds is 4. The Hall–Kier alpha value is -1.20. The summed E-state index contributed by atoms with van der Waals surface area (Å²) < 4.78 is 11.7. The van der Waals surface area contributed by atoms with Crippen LogP contribution in [0.2, 0.25) is 0 Å². The number of hydrogen-bond donors (Lipinski definition) is 1. The van der Waals surface area contributed by atoms with Crippen LogP contribution in [0.5, 0.6) is 11.5 Å². The zero-order chi connectivity index (χ0) is 12.4. The van der Waals surface area contributed by atoms with Crippen LogP contribution in [0.15, 0.2) is 16.6 Å². The third-order valence-electron chi connectivity index (χ3n) is 2.72. The third-order valence-corrected chi connectivity index (χ3v) is 3.59. The number of hydroxylamine groups is 1. The summed E-state index contributed by atoms with van der Waals surface area (Å²) in [6.07, 6.45) is 2.87. The van der Waals surface area contributed by atoms with Crippen LogP contribution in [0.25, 0.3) is 5.70 Å². The Morgan fingerprint density at radius 3 is 2.47 bits per heavy atom. The Bertz CT molecular complexity index is 471. The average Bonchev–Trinajstić information content (AvgIpc) is 2.75. The molecular formula is C12H14BrNO3. The van der Waals surface area contributed by atoms with E-state index in [9.17, 15) is 0 Å². The molecule has 1 aromatic rings. The lowest BCUT2D eigenvalue weighted by atomic mass is 10.1. The minimum atomic E-state index is 0.771. The number of nitrogens with one attached hydrogen (secondary N) is 1. The predicted octanol–water partition coefficient (Wildman–Crippen LogP) is 2.51. The minimum Gasteiger partial charge on any atom is -0.496 e. The SMILES string of the molecule is CONC1=CCc2c(Br)c(OC)cc(OC)c21. The molecule has 1 aliphatic carbocycles. The Kier molecular flexibility index (Phi) is 3.59. The summed E-state index contributed by atoms with van der Waals surface area (Å²) in [5.74, 6) is 1.54. The van der Waals surface area contributed by atoms with Gasteiger partial charge in [0.25, 0.3) is 0 Å². The Balaban J connectivity index is 2.55. The van der Waals surface area contributed by atoms with Gasteiger partial charge in [-0.1, -0.05) is 6.08 Å². The van der Waals surface area contributed by atoms with Gasteiger partial charge in [0.1, 0.15) is 11.5 Å². The third kappa shape index (κ3) is 2.00. The van der Waals surface area contributed by atoms with Crippen LogP contribution in [0.1, 0.15) is 11.1 Å². The maximum absolute atomic E-state index is 5.39. The van der Waals surface area contributed by atoms with Gasteiger partial charge in [-0.05, 0) is 27.9 Å². The Labute approximate surface area is 109 Å². The molecule has 0 amide bonds. The molecule has 4 nitrogen and oxygen atoms in total. The molecule has 1 aliphatic rings. The average molecular weight is 300 g/mol. The van der Waals surface area contributed by atoms with Crippen molar-refractivity contribution in [2.24, 2.45) is 0 Å². The van der Waals surface area contributed by atoms with E-state index in [2.05, 4.69) is 27.5 Å². The van der Waals surface area contributed by atoms with Crippen LogP contribution in [-0.4, -0.2) is 21.3 Å². The van der Waals surface area contributed by atoms with Crippen LogP contribution in [0.4, 0.5) is 0 Å². The molecule has 5 heteroatoms. The molecule has 0 heterocycles. The molecule has 1 aromatic carbocycles. The number of ether oxygens (including phenoxy) is 2. The quantitative estimate of drug-likeness (QED) is 0.867. The molecule has 0 bridgehead atoms. The smallest absolute Gasteiger partial charge is 0.137 e. The molecule has 0 aliphatic heterocycles. The number of methoxy groups -OCH3 is 2. The standard InChI is InChI=1S/C12H14BrNO3/c1-15-9-6-10(16-2)12(13)7-4-5-8(11(7)9)14-17-3/h5-6,14H,4H2,1-3H3. The van der Waals surface area contributed by atoms with E-state index in [1.165, 1.54) is 0 Å². The number of benzene rings is 1. The van der Waals surface area contributed by atoms with Gasteiger partial charge in [0.2, 0.25) is 0 Å². The number of allylic oxidation sites excluding steroid dienone is 1. The van der Waals surface area contributed by atoms with Gasteiger partial charge < -0.3 is 9.47 Å². The highest BCUT2D eigenvalue weighted by Gasteiger charge is 2.24. The lowest BCUT2D eigenvalue weighted by Crippen LogP contribution is -2.10. The highest BCUT2D eigenvalue weighted by atomic mass is 79.9. The molecular weight excluding hydrogens is 286 g/mol. The van der Waals surface area contributed by atoms with E-state index in [1.807, 2.05) is 6.07 Å². The number of hydrogen-bond acceptors (Lipinski definition) is 4. The van der Waals surface area contributed by atoms with E-state index >= 15 is 0 Å². The summed E-state index contributed by atoms with van der Waals surface area (Å²) >= 11 is 3.55. The molecule has 17 heavy (non-hydrogen) atoms. The Morgan fingerprint density at radius 1 is 1.18 bits per heavy atom. The first-order chi connectivity index (χ1) is 8.22. The largest absolute Gasteiger partial charge is 0.496 e.